The number of nitrogens with zero attached hydrogens (tertiary/aromatic N) is 2. The number of aliphatic hydroxyl groups is 1. The van der Waals surface area contributed by atoms with Gasteiger partial charge in [-0.1, -0.05) is 22.4 Å². The molecule has 2 amide bonds. The second-order valence-electron chi connectivity index (χ2n) is 10.5. The van der Waals surface area contributed by atoms with Crippen LogP contribution in [0.3, 0.4) is 0 Å². The number of alkyl halides is 3. The Morgan fingerprint density at radius 3 is 2.50 bits per heavy atom. The van der Waals surface area contributed by atoms with Gasteiger partial charge in [-0.3, -0.25) is 9.59 Å². The topological polar surface area (TPSA) is 88.7 Å². The number of aryl methyl sites for hydroxylation is 1. The number of hydrogen-bond donors (Lipinski definition) is 3. The minimum absolute atomic E-state index is 0.0767. The molecule has 4 heterocycles. The Morgan fingerprint density at radius 2 is 1.84 bits per heavy atom. The second kappa shape index (κ2) is 10.2. The Labute approximate surface area is 227 Å². The summed E-state index contributed by atoms with van der Waals surface area (Å²) >= 11 is 3.33. The van der Waals surface area contributed by atoms with E-state index in [1.165, 1.54) is 18.2 Å². The van der Waals surface area contributed by atoms with E-state index in [-0.39, 0.29) is 30.1 Å². The number of H-pyrrole nitrogens is 1. The van der Waals surface area contributed by atoms with Crippen molar-refractivity contribution in [3.05, 3.63) is 50.8 Å². The first-order valence-electron chi connectivity index (χ1n) is 12.8. The number of anilines is 1. The fraction of sp³-hybridized carbons (Fsp3) is 0.481. The third kappa shape index (κ3) is 5.28. The van der Waals surface area contributed by atoms with Gasteiger partial charge in [-0.05, 0) is 70.0 Å². The maximum atomic E-state index is 14.4. The normalized spacial score (nSPS) is 21.1. The third-order valence-electron chi connectivity index (χ3n) is 7.72. The maximum absolute atomic E-state index is 14.4. The van der Waals surface area contributed by atoms with Gasteiger partial charge in [0.2, 0.25) is 0 Å². The maximum Gasteiger partial charge on any atom is 0.419 e. The van der Waals surface area contributed by atoms with Crippen LogP contribution in [0.1, 0.15) is 65.0 Å². The summed E-state index contributed by atoms with van der Waals surface area (Å²) in [6.07, 6.45) is 0.317. The molecule has 38 heavy (non-hydrogen) atoms. The lowest BCUT2D eigenvalue weighted by molar-refractivity contribution is -0.138. The van der Waals surface area contributed by atoms with Crippen LogP contribution in [0.2, 0.25) is 0 Å². The van der Waals surface area contributed by atoms with Gasteiger partial charge in [0.05, 0.1) is 28.0 Å². The average molecular weight is 595 g/mol. The van der Waals surface area contributed by atoms with E-state index in [0.717, 1.165) is 32.0 Å². The number of rotatable bonds is 4. The van der Waals surface area contributed by atoms with Gasteiger partial charge < -0.3 is 25.2 Å². The van der Waals surface area contributed by atoms with Gasteiger partial charge in [0.15, 0.2) is 0 Å². The zero-order valence-electron chi connectivity index (χ0n) is 21.1. The minimum atomic E-state index is -4.83. The number of β-amino-alcohol motifs (C(OH)–C–C–N with tert-alkyl or cyclic N) is 1. The molecule has 1 aromatic heterocycles. The highest BCUT2D eigenvalue weighted by Gasteiger charge is 2.43. The number of carbonyl (C=O) groups excluding carboxylic acids is 2. The molecule has 11 heteroatoms. The molecule has 0 atom stereocenters. The number of halogens is 4. The summed E-state index contributed by atoms with van der Waals surface area (Å²) in [6, 6.07) is 5.05. The van der Waals surface area contributed by atoms with Gasteiger partial charge in [0.25, 0.3) is 11.8 Å². The van der Waals surface area contributed by atoms with Crippen molar-refractivity contribution in [3.8, 4) is 0 Å². The Kier molecular flexibility index (Phi) is 7.21. The van der Waals surface area contributed by atoms with E-state index in [0.29, 0.717) is 35.1 Å². The van der Waals surface area contributed by atoms with Gasteiger partial charge >= 0.3 is 6.18 Å². The number of benzene rings is 1. The van der Waals surface area contributed by atoms with Gasteiger partial charge in [-0.15, -0.1) is 0 Å². The van der Waals surface area contributed by atoms with Crippen molar-refractivity contribution < 1.29 is 27.9 Å². The standard InChI is InChI=1S/C27H30BrF3N4O3/c1-16-22(25(37)35-11-7-26(38,8-12-35)15-34-9-3-2-4-10-34)23(27(29,30)31)21(32-16)14-19-18-13-17(28)5-6-20(18)33-24(19)36/h5-6,13-14,32,38H,2-4,7-12,15H2,1H3,(H,33,36)/b19-14-. The SMILES string of the molecule is Cc1[nH]c(/C=C2\C(=O)Nc3ccc(Br)cc32)c(C(F)(F)F)c1C(=O)N1CCC(O)(CN2CCCCC2)CC1. The van der Waals surface area contributed by atoms with Crippen LogP contribution in [0, 0.1) is 6.92 Å². The predicted molar refractivity (Wildman–Crippen MR) is 142 cm³/mol. The van der Waals surface area contributed by atoms with Crippen molar-refractivity contribution in [2.75, 3.05) is 38.0 Å². The molecule has 2 fully saturated rings. The molecule has 3 N–H and O–H groups in total. The van der Waals surface area contributed by atoms with E-state index in [4.69, 9.17) is 0 Å². The van der Waals surface area contributed by atoms with Crippen LogP contribution in [-0.4, -0.2) is 70.0 Å². The Bertz CT molecular complexity index is 1290. The van der Waals surface area contributed by atoms with Gasteiger partial charge in [-0.25, -0.2) is 0 Å². The number of aromatic amines is 1. The Morgan fingerprint density at radius 1 is 1.16 bits per heavy atom. The molecule has 5 rings (SSSR count). The zero-order valence-corrected chi connectivity index (χ0v) is 22.6. The highest BCUT2D eigenvalue weighted by molar-refractivity contribution is 9.10. The lowest BCUT2D eigenvalue weighted by atomic mass is 9.89. The van der Waals surface area contributed by atoms with E-state index >= 15 is 0 Å². The highest BCUT2D eigenvalue weighted by atomic mass is 79.9. The van der Waals surface area contributed by atoms with E-state index in [2.05, 4.69) is 31.1 Å². The molecular formula is C27H30BrF3N4O3. The number of hydrogen-bond acceptors (Lipinski definition) is 4. The zero-order chi connectivity index (χ0) is 27.2. The summed E-state index contributed by atoms with van der Waals surface area (Å²) < 4.78 is 43.9. The van der Waals surface area contributed by atoms with Gasteiger partial charge in [-0.2, -0.15) is 13.2 Å². The smallest absolute Gasteiger partial charge is 0.388 e. The van der Waals surface area contributed by atoms with Crippen LogP contribution in [0.15, 0.2) is 22.7 Å². The molecule has 7 nitrogen and oxygen atoms in total. The van der Waals surface area contributed by atoms with E-state index in [9.17, 15) is 27.9 Å². The summed E-state index contributed by atoms with van der Waals surface area (Å²) in [5, 5.41) is 13.8. The molecule has 3 aliphatic rings. The largest absolute Gasteiger partial charge is 0.419 e. The minimum Gasteiger partial charge on any atom is -0.388 e. The summed E-state index contributed by atoms with van der Waals surface area (Å²) in [4.78, 5) is 32.4. The summed E-state index contributed by atoms with van der Waals surface area (Å²) in [5.74, 6) is -1.25. The Balaban J connectivity index is 1.41. The van der Waals surface area contributed by atoms with Gasteiger partial charge in [0, 0.05) is 41.1 Å². The molecule has 1 aromatic carbocycles. The molecule has 0 radical (unpaired) electrons. The number of likely N-dealkylation sites (tertiary alicyclic amines) is 2. The molecule has 2 aromatic rings. The van der Waals surface area contributed by atoms with Crippen LogP contribution in [-0.2, 0) is 11.0 Å². The molecular weight excluding hydrogens is 565 g/mol. The molecule has 0 saturated carbocycles. The van der Waals surface area contributed by atoms with Crippen LogP contribution < -0.4 is 5.32 Å². The molecule has 0 unspecified atom stereocenters. The number of aromatic nitrogens is 1. The second-order valence-corrected chi connectivity index (χ2v) is 11.4. The molecule has 3 aliphatic heterocycles. The first kappa shape index (κ1) is 27.0. The van der Waals surface area contributed by atoms with Crippen molar-refractivity contribution in [1.82, 2.24) is 14.8 Å². The number of fused-ring (bicyclic) bond motifs is 1. The number of carbonyl (C=O) groups is 2. The first-order valence-corrected chi connectivity index (χ1v) is 13.6. The summed E-state index contributed by atoms with van der Waals surface area (Å²) in [7, 11) is 0. The summed E-state index contributed by atoms with van der Waals surface area (Å²) in [6.45, 7) is 4.15. The fourth-order valence-electron chi connectivity index (χ4n) is 5.74. The van der Waals surface area contributed by atoms with E-state index < -0.39 is 34.7 Å². The number of piperidine rings is 2. The fourth-order valence-corrected chi connectivity index (χ4v) is 6.10. The van der Waals surface area contributed by atoms with Crippen molar-refractivity contribution in [3.63, 3.8) is 0 Å². The summed E-state index contributed by atoms with van der Waals surface area (Å²) in [5.41, 5.74) is -1.69. The van der Waals surface area contributed by atoms with E-state index in [1.807, 2.05) is 0 Å². The van der Waals surface area contributed by atoms with Gasteiger partial charge in [0.1, 0.15) is 0 Å². The molecule has 2 saturated heterocycles. The molecule has 0 bridgehead atoms. The quantitative estimate of drug-likeness (QED) is 0.432. The third-order valence-corrected chi connectivity index (χ3v) is 8.21. The number of nitrogens with one attached hydrogen (secondary N) is 2. The van der Waals surface area contributed by atoms with Crippen molar-refractivity contribution in [1.29, 1.82) is 0 Å². The first-order chi connectivity index (χ1) is 17.9. The van der Waals surface area contributed by atoms with Crippen molar-refractivity contribution >= 4 is 45.1 Å². The van der Waals surface area contributed by atoms with Crippen LogP contribution in [0.25, 0.3) is 11.6 Å². The van der Waals surface area contributed by atoms with Crippen molar-refractivity contribution in [2.24, 2.45) is 0 Å². The molecule has 204 valence electrons. The highest BCUT2D eigenvalue weighted by Crippen LogP contribution is 2.41. The molecule has 0 spiro atoms. The van der Waals surface area contributed by atoms with Crippen LogP contribution >= 0.6 is 15.9 Å². The van der Waals surface area contributed by atoms with Crippen LogP contribution in [0.4, 0.5) is 18.9 Å². The van der Waals surface area contributed by atoms with E-state index in [1.54, 1.807) is 18.2 Å². The van der Waals surface area contributed by atoms with Crippen molar-refractivity contribution in [2.45, 2.75) is 50.8 Å². The lowest BCUT2D eigenvalue weighted by Crippen LogP contribution is -2.53. The monoisotopic (exact) mass is 594 g/mol. The molecule has 0 aliphatic carbocycles. The average Bonchev–Trinajstić information content (AvgIpc) is 3.35. The Hall–Kier alpha value is -2.63. The predicted octanol–water partition coefficient (Wildman–Crippen LogP) is 5.05. The number of amides is 2. The van der Waals surface area contributed by atoms with Crippen LogP contribution in [0.5, 0.6) is 0 Å². The lowest BCUT2D eigenvalue weighted by Gasteiger charge is -2.42.